The zero-order valence-corrected chi connectivity index (χ0v) is 11.8. The summed E-state index contributed by atoms with van der Waals surface area (Å²) in [6, 6.07) is 2.53. The highest BCUT2D eigenvalue weighted by molar-refractivity contribution is 7.08. The second-order valence-electron chi connectivity index (χ2n) is 4.21. The van der Waals surface area contributed by atoms with Crippen molar-refractivity contribution < 1.29 is 18.3 Å². The average Bonchev–Trinajstić information content (AvgIpc) is 2.85. The molecule has 0 amide bonds. The molecular weight excluding hydrogens is 284 g/mol. The second-order valence-corrected chi connectivity index (χ2v) is 4.96. The molecule has 2 rings (SSSR count). The first-order chi connectivity index (χ1) is 9.54. The van der Waals surface area contributed by atoms with Crippen LogP contribution in [0.25, 0.3) is 0 Å². The average molecular weight is 297 g/mol. The molecule has 2 aromatic rings. The summed E-state index contributed by atoms with van der Waals surface area (Å²) < 4.78 is 32.0. The molecule has 0 spiro atoms. The Kier molecular flexibility index (Phi) is 4.34. The van der Waals surface area contributed by atoms with Gasteiger partial charge in [0.2, 0.25) is 0 Å². The summed E-state index contributed by atoms with van der Waals surface area (Å²) in [5, 5.41) is 6.75. The summed E-state index contributed by atoms with van der Waals surface area (Å²) in [6.07, 6.45) is 0. The lowest BCUT2D eigenvalue weighted by molar-refractivity contribution is 0.0594. The van der Waals surface area contributed by atoms with Crippen LogP contribution in [0.5, 0.6) is 0 Å². The van der Waals surface area contributed by atoms with Gasteiger partial charge < -0.3 is 10.1 Å². The summed E-state index contributed by atoms with van der Waals surface area (Å²) in [5.74, 6) is -3.19. The van der Waals surface area contributed by atoms with E-state index in [9.17, 15) is 13.6 Å². The van der Waals surface area contributed by atoms with Gasteiger partial charge in [-0.1, -0.05) is 0 Å². The lowest BCUT2D eigenvalue weighted by Gasteiger charge is -2.10. The number of hydrogen-bond donors (Lipinski definition) is 1. The fourth-order valence-corrected chi connectivity index (χ4v) is 2.57. The number of ether oxygens (including phenoxy) is 1. The van der Waals surface area contributed by atoms with Crippen LogP contribution in [0.15, 0.2) is 22.9 Å². The Hall–Kier alpha value is -1.95. The Labute approximate surface area is 119 Å². The number of hydrogen-bond acceptors (Lipinski definition) is 4. The number of anilines is 1. The lowest BCUT2D eigenvalue weighted by atomic mass is 10.1. The van der Waals surface area contributed by atoms with Crippen LogP contribution in [0.2, 0.25) is 0 Å². The summed E-state index contributed by atoms with van der Waals surface area (Å²) in [7, 11) is 1.12. The molecule has 0 saturated carbocycles. The maximum absolute atomic E-state index is 13.8. The molecule has 3 nitrogen and oxygen atoms in total. The van der Waals surface area contributed by atoms with Crippen molar-refractivity contribution in [2.75, 3.05) is 12.4 Å². The van der Waals surface area contributed by atoms with Gasteiger partial charge in [0.05, 0.1) is 18.4 Å². The Morgan fingerprint density at radius 1 is 1.30 bits per heavy atom. The molecule has 0 fully saturated rings. The summed E-state index contributed by atoms with van der Waals surface area (Å²) in [5.41, 5.74) is 1.71. The minimum absolute atomic E-state index is 0.0146. The number of esters is 1. The highest BCUT2D eigenvalue weighted by atomic mass is 32.1. The molecule has 0 radical (unpaired) electrons. The normalized spacial score (nSPS) is 10.4. The van der Waals surface area contributed by atoms with Crippen molar-refractivity contribution in [1.29, 1.82) is 0 Å². The smallest absolute Gasteiger partial charge is 0.340 e. The molecule has 1 aromatic carbocycles. The van der Waals surface area contributed by atoms with Gasteiger partial charge in [0.25, 0.3) is 0 Å². The molecule has 0 saturated heterocycles. The SMILES string of the molecule is COC(=O)c1ccc(NCc2cscc2C)c(F)c1F. The fourth-order valence-electron chi connectivity index (χ4n) is 1.71. The van der Waals surface area contributed by atoms with Crippen molar-refractivity contribution in [1.82, 2.24) is 0 Å². The number of halogens is 2. The van der Waals surface area contributed by atoms with Gasteiger partial charge in [-0.05, 0) is 40.9 Å². The van der Waals surface area contributed by atoms with E-state index in [4.69, 9.17) is 0 Å². The van der Waals surface area contributed by atoms with E-state index < -0.39 is 23.2 Å². The molecule has 0 bridgehead atoms. The van der Waals surface area contributed by atoms with Crippen LogP contribution in [0.1, 0.15) is 21.5 Å². The Morgan fingerprint density at radius 2 is 2.05 bits per heavy atom. The Balaban J connectivity index is 2.19. The van der Waals surface area contributed by atoms with Gasteiger partial charge in [0.15, 0.2) is 11.6 Å². The van der Waals surface area contributed by atoms with E-state index in [2.05, 4.69) is 10.1 Å². The van der Waals surface area contributed by atoms with E-state index in [1.165, 1.54) is 12.1 Å². The molecule has 1 aromatic heterocycles. The van der Waals surface area contributed by atoms with Crippen molar-refractivity contribution in [2.45, 2.75) is 13.5 Å². The van der Waals surface area contributed by atoms with Crippen molar-refractivity contribution in [2.24, 2.45) is 0 Å². The highest BCUT2D eigenvalue weighted by Crippen LogP contribution is 2.23. The fraction of sp³-hybridized carbons (Fsp3) is 0.214. The molecular formula is C14H13F2NO2S. The molecule has 20 heavy (non-hydrogen) atoms. The van der Waals surface area contributed by atoms with E-state index in [1.807, 2.05) is 17.7 Å². The maximum atomic E-state index is 13.8. The van der Waals surface area contributed by atoms with Gasteiger partial charge in [-0.25, -0.2) is 13.6 Å². The van der Waals surface area contributed by atoms with E-state index in [1.54, 1.807) is 11.3 Å². The topological polar surface area (TPSA) is 38.3 Å². The van der Waals surface area contributed by atoms with Gasteiger partial charge in [0.1, 0.15) is 0 Å². The maximum Gasteiger partial charge on any atom is 0.340 e. The van der Waals surface area contributed by atoms with Crippen molar-refractivity contribution in [3.05, 3.63) is 51.2 Å². The van der Waals surface area contributed by atoms with E-state index in [-0.39, 0.29) is 5.69 Å². The summed E-state index contributed by atoms with van der Waals surface area (Å²) in [4.78, 5) is 11.2. The number of benzene rings is 1. The molecule has 106 valence electrons. The molecule has 0 aliphatic heterocycles. The number of nitrogens with one attached hydrogen (secondary N) is 1. The van der Waals surface area contributed by atoms with E-state index >= 15 is 0 Å². The predicted molar refractivity (Wildman–Crippen MR) is 74.1 cm³/mol. The molecule has 0 atom stereocenters. The van der Waals surface area contributed by atoms with Crippen LogP contribution >= 0.6 is 11.3 Å². The van der Waals surface area contributed by atoms with Crippen LogP contribution in [0.3, 0.4) is 0 Å². The standard InChI is InChI=1S/C14H13F2NO2S/c1-8-6-20-7-9(8)5-17-11-4-3-10(14(18)19-2)12(15)13(11)16/h3-4,6-7,17H,5H2,1-2H3. The van der Waals surface area contributed by atoms with Gasteiger partial charge in [-0.2, -0.15) is 11.3 Å². The monoisotopic (exact) mass is 297 g/mol. The quantitative estimate of drug-likeness (QED) is 0.874. The third kappa shape index (κ3) is 2.80. The van der Waals surface area contributed by atoms with Crippen LogP contribution in [-0.2, 0) is 11.3 Å². The molecule has 1 N–H and O–H groups in total. The molecule has 0 aliphatic carbocycles. The number of methoxy groups -OCH3 is 1. The molecule has 6 heteroatoms. The third-order valence-corrected chi connectivity index (χ3v) is 3.83. The van der Waals surface area contributed by atoms with Gasteiger partial charge in [-0.3, -0.25) is 0 Å². The number of carbonyl (C=O) groups excluding carboxylic acids is 1. The molecule has 0 aliphatic rings. The Morgan fingerprint density at radius 3 is 2.65 bits per heavy atom. The minimum Gasteiger partial charge on any atom is -0.465 e. The zero-order chi connectivity index (χ0) is 14.7. The van der Waals surface area contributed by atoms with Crippen molar-refractivity contribution in [3.63, 3.8) is 0 Å². The summed E-state index contributed by atoms with van der Waals surface area (Å²) in [6.45, 7) is 2.34. The van der Waals surface area contributed by atoms with Gasteiger partial charge >= 0.3 is 5.97 Å². The van der Waals surface area contributed by atoms with Crippen LogP contribution in [0.4, 0.5) is 14.5 Å². The summed E-state index contributed by atoms with van der Waals surface area (Å²) >= 11 is 1.55. The molecule has 0 unspecified atom stereocenters. The zero-order valence-electron chi connectivity index (χ0n) is 11.0. The van der Waals surface area contributed by atoms with Crippen LogP contribution < -0.4 is 5.32 Å². The third-order valence-electron chi connectivity index (χ3n) is 2.92. The first-order valence-electron chi connectivity index (χ1n) is 5.86. The first kappa shape index (κ1) is 14.5. The van der Waals surface area contributed by atoms with Crippen LogP contribution in [0, 0.1) is 18.6 Å². The lowest BCUT2D eigenvalue weighted by Crippen LogP contribution is -2.09. The molecule has 1 heterocycles. The van der Waals surface area contributed by atoms with E-state index in [0.717, 1.165) is 18.2 Å². The van der Waals surface area contributed by atoms with Crippen molar-refractivity contribution >= 4 is 23.0 Å². The number of aryl methyl sites for hydroxylation is 1. The van der Waals surface area contributed by atoms with Crippen molar-refractivity contribution in [3.8, 4) is 0 Å². The first-order valence-corrected chi connectivity index (χ1v) is 6.80. The minimum atomic E-state index is -1.20. The highest BCUT2D eigenvalue weighted by Gasteiger charge is 2.19. The number of rotatable bonds is 4. The Bertz CT molecular complexity index is 640. The number of carbonyl (C=O) groups is 1. The van der Waals surface area contributed by atoms with E-state index in [0.29, 0.717) is 6.54 Å². The largest absolute Gasteiger partial charge is 0.465 e. The van der Waals surface area contributed by atoms with Gasteiger partial charge in [-0.15, -0.1) is 0 Å². The predicted octanol–water partition coefficient (Wildman–Crippen LogP) is 3.73. The van der Waals surface area contributed by atoms with Gasteiger partial charge in [0, 0.05) is 6.54 Å². The second kappa shape index (κ2) is 6.00. The van der Waals surface area contributed by atoms with Crippen LogP contribution in [-0.4, -0.2) is 13.1 Å². The number of thiophene rings is 1.